The predicted molar refractivity (Wildman–Crippen MR) is 101 cm³/mol. The van der Waals surface area contributed by atoms with Crippen molar-refractivity contribution in [3.8, 4) is 5.75 Å². The highest BCUT2D eigenvalue weighted by atomic mass is 35.5. The van der Waals surface area contributed by atoms with Crippen LogP contribution in [0.3, 0.4) is 0 Å². The van der Waals surface area contributed by atoms with Gasteiger partial charge in [0.1, 0.15) is 0 Å². The normalized spacial score (nSPS) is 15.8. The van der Waals surface area contributed by atoms with Crippen LogP contribution >= 0.6 is 24.8 Å². The summed E-state index contributed by atoms with van der Waals surface area (Å²) in [6, 6.07) is 3.42. The molecule has 6 nitrogen and oxygen atoms in total. The topological polar surface area (TPSA) is 78.6 Å². The monoisotopic (exact) mass is 377 g/mol. The number of piperazine rings is 1. The van der Waals surface area contributed by atoms with Gasteiger partial charge in [0.2, 0.25) is 0 Å². The molecule has 0 radical (unpaired) electrons. The number of nitro groups is 1. The highest BCUT2D eigenvalue weighted by molar-refractivity contribution is 5.85. The molecule has 0 saturated carbocycles. The Morgan fingerprint density at radius 3 is 2.50 bits per heavy atom. The summed E-state index contributed by atoms with van der Waals surface area (Å²) in [5.41, 5.74) is 1.88. The first-order chi connectivity index (χ1) is 10.4. The van der Waals surface area contributed by atoms with Crippen molar-refractivity contribution in [2.45, 2.75) is 26.3 Å². The number of benzene rings is 1. The number of aryl methyl sites for hydroxylation is 1. The van der Waals surface area contributed by atoms with Crippen molar-refractivity contribution in [1.29, 1.82) is 0 Å². The Bertz CT molecular complexity index is 590. The van der Waals surface area contributed by atoms with E-state index in [1.807, 2.05) is 6.92 Å². The van der Waals surface area contributed by atoms with Crippen LogP contribution in [0.5, 0.6) is 5.75 Å². The number of hydrogen-bond donors (Lipinski definition) is 2. The lowest BCUT2D eigenvalue weighted by molar-refractivity contribution is -0.386. The third-order valence-electron chi connectivity index (χ3n) is 4.06. The molecule has 1 saturated heterocycles. The molecule has 1 aliphatic rings. The van der Waals surface area contributed by atoms with Crippen molar-refractivity contribution in [1.82, 2.24) is 10.2 Å². The Hall–Kier alpha value is -1.34. The van der Waals surface area contributed by atoms with Gasteiger partial charge in [-0.3, -0.25) is 15.0 Å². The van der Waals surface area contributed by atoms with Crippen LogP contribution in [0.4, 0.5) is 5.69 Å². The molecule has 1 aromatic rings. The molecular formula is C16H25Cl2N3O3. The molecule has 0 spiro atoms. The lowest BCUT2D eigenvalue weighted by Gasteiger charge is -2.35. The molecule has 1 fully saturated rings. The summed E-state index contributed by atoms with van der Waals surface area (Å²) in [7, 11) is 0. The Morgan fingerprint density at radius 1 is 1.42 bits per heavy atom. The van der Waals surface area contributed by atoms with Crippen LogP contribution < -0.4 is 5.32 Å². The van der Waals surface area contributed by atoms with Crippen molar-refractivity contribution in [2.75, 3.05) is 26.2 Å². The summed E-state index contributed by atoms with van der Waals surface area (Å²) in [6.45, 7) is 11.0. The van der Waals surface area contributed by atoms with Crippen molar-refractivity contribution in [3.05, 3.63) is 45.5 Å². The second kappa shape index (κ2) is 9.84. The number of aromatic hydroxyl groups is 1. The minimum absolute atomic E-state index is 0. The van der Waals surface area contributed by atoms with E-state index in [-0.39, 0.29) is 42.3 Å². The molecular weight excluding hydrogens is 353 g/mol. The average molecular weight is 378 g/mol. The molecule has 1 aromatic carbocycles. The van der Waals surface area contributed by atoms with Gasteiger partial charge in [-0.15, -0.1) is 31.4 Å². The van der Waals surface area contributed by atoms with Crippen LogP contribution in [-0.2, 0) is 0 Å². The van der Waals surface area contributed by atoms with Gasteiger partial charge in [-0.1, -0.05) is 17.7 Å². The Balaban J connectivity index is 0.00000264. The van der Waals surface area contributed by atoms with E-state index in [1.165, 1.54) is 0 Å². The number of halogens is 2. The largest absolute Gasteiger partial charge is 0.502 e. The van der Waals surface area contributed by atoms with Gasteiger partial charge in [0.25, 0.3) is 0 Å². The SMILES string of the molecule is C=C(C)C[C@H](c1ccc(C)c([N+](=O)[O-])c1O)N1CCNCC1.Cl.Cl. The lowest BCUT2D eigenvalue weighted by atomic mass is 9.95. The molecule has 1 atom stereocenters. The van der Waals surface area contributed by atoms with Crippen LogP contribution in [0.1, 0.15) is 30.5 Å². The maximum atomic E-state index is 11.2. The highest BCUT2D eigenvalue weighted by Gasteiger charge is 2.29. The van der Waals surface area contributed by atoms with E-state index in [2.05, 4.69) is 16.8 Å². The standard InChI is InChI=1S/C16H23N3O3.2ClH/c1-11(2)10-14(18-8-6-17-7-9-18)13-5-4-12(3)15(16(13)20)19(21)22;;/h4-5,14,17,20H,1,6-10H2,2-3H3;2*1H/t14-;;/m1../s1. The van der Waals surface area contributed by atoms with Gasteiger partial charge in [0.05, 0.1) is 4.92 Å². The van der Waals surface area contributed by atoms with Crippen LogP contribution in [0.25, 0.3) is 0 Å². The molecule has 1 heterocycles. The molecule has 2 rings (SSSR count). The number of phenolic OH excluding ortho intramolecular Hbond substituents is 1. The minimum atomic E-state index is -0.510. The number of phenols is 1. The number of hydrogen-bond acceptors (Lipinski definition) is 5. The number of nitro benzene ring substituents is 1. The first-order valence-corrected chi connectivity index (χ1v) is 7.47. The van der Waals surface area contributed by atoms with E-state index < -0.39 is 4.92 Å². The lowest BCUT2D eigenvalue weighted by Crippen LogP contribution is -2.45. The zero-order valence-corrected chi connectivity index (χ0v) is 15.6. The fourth-order valence-electron chi connectivity index (χ4n) is 2.96. The second-order valence-electron chi connectivity index (χ2n) is 5.89. The summed E-state index contributed by atoms with van der Waals surface area (Å²) in [4.78, 5) is 13.0. The highest BCUT2D eigenvalue weighted by Crippen LogP contribution is 2.40. The maximum absolute atomic E-state index is 11.2. The van der Waals surface area contributed by atoms with Crippen molar-refractivity contribution in [2.24, 2.45) is 0 Å². The van der Waals surface area contributed by atoms with Gasteiger partial charge in [-0.05, 0) is 20.3 Å². The zero-order chi connectivity index (χ0) is 16.3. The van der Waals surface area contributed by atoms with Gasteiger partial charge >= 0.3 is 5.69 Å². The average Bonchev–Trinajstić information content (AvgIpc) is 2.46. The predicted octanol–water partition coefficient (Wildman–Crippen LogP) is 3.36. The number of nitrogens with one attached hydrogen (secondary N) is 1. The zero-order valence-electron chi connectivity index (χ0n) is 13.9. The summed E-state index contributed by atoms with van der Waals surface area (Å²) in [5.74, 6) is -0.213. The van der Waals surface area contributed by atoms with E-state index >= 15 is 0 Å². The summed E-state index contributed by atoms with van der Waals surface area (Å²) >= 11 is 0. The third kappa shape index (κ3) is 5.08. The van der Waals surface area contributed by atoms with Gasteiger partial charge < -0.3 is 10.4 Å². The molecule has 0 aliphatic carbocycles. The summed E-state index contributed by atoms with van der Waals surface area (Å²) < 4.78 is 0. The van der Waals surface area contributed by atoms with Gasteiger partial charge in [0.15, 0.2) is 5.75 Å². The van der Waals surface area contributed by atoms with E-state index in [0.29, 0.717) is 17.5 Å². The van der Waals surface area contributed by atoms with E-state index in [9.17, 15) is 15.2 Å². The summed E-state index contributed by atoms with van der Waals surface area (Å²) in [6.07, 6.45) is 0.674. The fourth-order valence-corrected chi connectivity index (χ4v) is 2.96. The maximum Gasteiger partial charge on any atom is 0.313 e. The molecule has 0 unspecified atom stereocenters. The van der Waals surface area contributed by atoms with Gasteiger partial charge in [-0.2, -0.15) is 0 Å². The minimum Gasteiger partial charge on any atom is -0.502 e. The Kier molecular flexibility index (Phi) is 9.29. The number of nitrogens with zero attached hydrogens (tertiary/aromatic N) is 2. The van der Waals surface area contributed by atoms with Crippen LogP contribution in [0.15, 0.2) is 24.3 Å². The molecule has 1 aliphatic heterocycles. The van der Waals surface area contributed by atoms with Crippen molar-refractivity contribution >= 4 is 30.5 Å². The quantitative estimate of drug-likeness (QED) is 0.467. The van der Waals surface area contributed by atoms with E-state index in [4.69, 9.17) is 0 Å². The van der Waals surface area contributed by atoms with Crippen LogP contribution in [0.2, 0.25) is 0 Å². The molecule has 24 heavy (non-hydrogen) atoms. The Labute approximate surface area is 154 Å². The van der Waals surface area contributed by atoms with Crippen molar-refractivity contribution < 1.29 is 10.0 Å². The summed E-state index contributed by atoms with van der Waals surface area (Å²) in [5, 5.41) is 25.0. The molecule has 136 valence electrons. The van der Waals surface area contributed by atoms with E-state index in [0.717, 1.165) is 31.8 Å². The molecule has 0 aromatic heterocycles. The second-order valence-corrected chi connectivity index (χ2v) is 5.89. The first kappa shape index (κ1) is 22.7. The number of rotatable bonds is 5. The Morgan fingerprint density at radius 2 is 2.00 bits per heavy atom. The van der Waals surface area contributed by atoms with Crippen LogP contribution in [-0.4, -0.2) is 41.1 Å². The molecule has 2 N–H and O–H groups in total. The fraction of sp³-hybridized carbons (Fsp3) is 0.500. The van der Waals surface area contributed by atoms with Gasteiger partial charge in [0, 0.05) is 43.3 Å². The van der Waals surface area contributed by atoms with Gasteiger partial charge in [-0.25, -0.2) is 0 Å². The third-order valence-corrected chi connectivity index (χ3v) is 4.06. The molecule has 8 heteroatoms. The molecule has 0 bridgehead atoms. The first-order valence-electron chi connectivity index (χ1n) is 7.47. The molecule has 0 amide bonds. The smallest absolute Gasteiger partial charge is 0.313 e. The van der Waals surface area contributed by atoms with Crippen LogP contribution in [0, 0.1) is 17.0 Å². The van der Waals surface area contributed by atoms with Crippen molar-refractivity contribution in [3.63, 3.8) is 0 Å². The van der Waals surface area contributed by atoms with E-state index in [1.54, 1.807) is 19.1 Å².